The molecule has 0 atom stereocenters. The number of hydrogen-bond donors (Lipinski definition) is 3. The van der Waals surface area contributed by atoms with E-state index in [1.165, 1.54) is 12.3 Å². The molecule has 33 heavy (non-hydrogen) atoms. The summed E-state index contributed by atoms with van der Waals surface area (Å²) in [6, 6.07) is 15.0. The van der Waals surface area contributed by atoms with Crippen LogP contribution in [0.25, 0.3) is 22.6 Å². The van der Waals surface area contributed by atoms with Crippen molar-refractivity contribution in [3.8, 4) is 28.3 Å². The first-order valence-corrected chi connectivity index (χ1v) is 10.0. The standard InChI is InChI=1S/C23H20FN5O4/c1-32-15-8-6-14(7-9-15)18-12-19(27-26-18)23(31)29-28-21(30)10-11-22-25-13-20(33-22)16-4-2-3-5-17(16)24/h2-9,12-13H,10-11H2,1H3,(H,26,27)(H,28,30)(H,29,31). The number of hydrazine groups is 1. The van der Waals surface area contributed by atoms with Crippen LogP contribution in [0.3, 0.4) is 0 Å². The van der Waals surface area contributed by atoms with Crippen molar-refractivity contribution < 1.29 is 23.1 Å². The Hall–Kier alpha value is -4.47. The first kappa shape index (κ1) is 21.8. The van der Waals surface area contributed by atoms with Crippen LogP contribution in [-0.4, -0.2) is 34.1 Å². The number of ether oxygens (including phenoxy) is 1. The summed E-state index contributed by atoms with van der Waals surface area (Å²) in [5.74, 6) is -0.133. The third-order valence-corrected chi connectivity index (χ3v) is 4.78. The average molecular weight is 449 g/mol. The van der Waals surface area contributed by atoms with E-state index in [0.29, 0.717) is 17.0 Å². The molecule has 0 aliphatic rings. The number of aryl methyl sites for hydroxylation is 1. The quantitative estimate of drug-likeness (QED) is 0.372. The van der Waals surface area contributed by atoms with E-state index in [9.17, 15) is 14.0 Å². The summed E-state index contributed by atoms with van der Waals surface area (Å²) in [6.07, 6.45) is 1.60. The fourth-order valence-electron chi connectivity index (χ4n) is 3.04. The number of carbonyl (C=O) groups is 2. The Morgan fingerprint density at radius 3 is 2.67 bits per heavy atom. The first-order chi connectivity index (χ1) is 16.0. The van der Waals surface area contributed by atoms with Gasteiger partial charge in [0, 0.05) is 18.4 Å². The fraction of sp³-hybridized carbons (Fsp3) is 0.130. The topological polar surface area (TPSA) is 122 Å². The number of methoxy groups -OCH3 is 1. The highest BCUT2D eigenvalue weighted by molar-refractivity contribution is 5.94. The highest BCUT2D eigenvalue weighted by atomic mass is 19.1. The van der Waals surface area contributed by atoms with Crippen LogP contribution in [0.5, 0.6) is 5.75 Å². The van der Waals surface area contributed by atoms with Gasteiger partial charge in [-0.3, -0.25) is 25.5 Å². The summed E-state index contributed by atoms with van der Waals surface area (Å²) in [7, 11) is 1.58. The van der Waals surface area contributed by atoms with Gasteiger partial charge in [-0.05, 0) is 42.5 Å². The molecule has 10 heteroatoms. The molecule has 0 unspecified atom stereocenters. The maximum atomic E-state index is 13.8. The van der Waals surface area contributed by atoms with E-state index in [2.05, 4.69) is 26.0 Å². The second-order valence-electron chi connectivity index (χ2n) is 7.00. The summed E-state index contributed by atoms with van der Waals surface area (Å²) in [5.41, 5.74) is 6.51. The molecular weight excluding hydrogens is 429 g/mol. The van der Waals surface area contributed by atoms with E-state index < -0.39 is 17.6 Å². The number of carbonyl (C=O) groups excluding carboxylic acids is 2. The molecule has 0 fully saturated rings. The Kier molecular flexibility index (Phi) is 6.44. The number of rotatable bonds is 7. The molecule has 0 aliphatic heterocycles. The van der Waals surface area contributed by atoms with Crippen LogP contribution in [0, 0.1) is 5.82 Å². The van der Waals surface area contributed by atoms with E-state index in [1.54, 1.807) is 43.5 Å². The van der Waals surface area contributed by atoms with E-state index in [1.807, 2.05) is 12.1 Å². The van der Waals surface area contributed by atoms with Crippen molar-refractivity contribution in [2.75, 3.05) is 7.11 Å². The van der Waals surface area contributed by atoms with Crippen LogP contribution < -0.4 is 15.6 Å². The van der Waals surface area contributed by atoms with Gasteiger partial charge in [0.2, 0.25) is 5.91 Å². The summed E-state index contributed by atoms with van der Waals surface area (Å²) in [5, 5.41) is 6.75. The molecule has 0 saturated heterocycles. The van der Waals surface area contributed by atoms with Crippen molar-refractivity contribution in [3.05, 3.63) is 78.2 Å². The molecule has 9 nitrogen and oxygen atoms in total. The summed E-state index contributed by atoms with van der Waals surface area (Å²) < 4.78 is 24.5. The Labute approximate surface area is 188 Å². The monoisotopic (exact) mass is 449 g/mol. The number of H-pyrrole nitrogens is 1. The molecule has 4 rings (SSSR count). The molecule has 4 aromatic rings. The molecule has 168 valence electrons. The molecule has 2 heterocycles. The number of hydrogen-bond acceptors (Lipinski definition) is 6. The zero-order chi connectivity index (χ0) is 23.2. The number of halogens is 1. The van der Waals surface area contributed by atoms with E-state index in [-0.39, 0.29) is 30.2 Å². The highest BCUT2D eigenvalue weighted by Crippen LogP contribution is 2.24. The van der Waals surface area contributed by atoms with Crippen molar-refractivity contribution in [2.24, 2.45) is 0 Å². The number of amides is 2. The SMILES string of the molecule is COc1ccc(-c2cc(C(=O)NNC(=O)CCc3ncc(-c4ccccc4F)o3)[nH]n2)cc1. The normalized spacial score (nSPS) is 10.6. The van der Waals surface area contributed by atoms with Crippen LogP contribution in [0.2, 0.25) is 0 Å². The molecular formula is C23H20FN5O4. The van der Waals surface area contributed by atoms with Crippen molar-refractivity contribution >= 4 is 11.8 Å². The number of benzene rings is 2. The lowest BCUT2D eigenvalue weighted by molar-refractivity contribution is -0.121. The predicted molar refractivity (Wildman–Crippen MR) is 116 cm³/mol. The third-order valence-electron chi connectivity index (χ3n) is 4.78. The Morgan fingerprint density at radius 1 is 1.12 bits per heavy atom. The molecule has 0 saturated carbocycles. The van der Waals surface area contributed by atoms with Gasteiger partial charge in [0.15, 0.2) is 11.7 Å². The number of nitrogens with zero attached hydrogens (tertiary/aromatic N) is 2. The maximum Gasteiger partial charge on any atom is 0.287 e. The van der Waals surface area contributed by atoms with Gasteiger partial charge in [-0.15, -0.1) is 0 Å². The van der Waals surface area contributed by atoms with E-state index >= 15 is 0 Å². The molecule has 2 aromatic heterocycles. The number of aromatic amines is 1. The molecule has 2 amide bonds. The minimum atomic E-state index is -0.548. The van der Waals surface area contributed by atoms with E-state index in [0.717, 1.165) is 5.56 Å². The maximum absolute atomic E-state index is 13.8. The van der Waals surface area contributed by atoms with Crippen LogP contribution in [0.4, 0.5) is 4.39 Å². The highest BCUT2D eigenvalue weighted by Gasteiger charge is 2.14. The lowest BCUT2D eigenvalue weighted by Crippen LogP contribution is -2.41. The van der Waals surface area contributed by atoms with Crippen molar-refractivity contribution in [3.63, 3.8) is 0 Å². The number of nitrogens with one attached hydrogen (secondary N) is 3. The molecule has 0 bridgehead atoms. The van der Waals surface area contributed by atoms with Gasteiger partial charge in [-0.1, -0.05) is 12.1 Å². The Bertz CT molecular complexity index is 1270. The van der Waals surface area contributed by atoms with Crippen molar-refractivity contribution in [2.45, 2.75) is 12.8 Å². The lowest BCUT2D eigenvalue weighted by atomic mass is 10.1. The average Bonchev–Trinajstić information content (AvgIpc) is 3.52. The lowest BCUT2D eigenvalue weighted by Gasteiger charge is -2.05. The predicted octanol–water partition coefficient (Wildman–Crippen LogP) is 3.27. The van der Waals surface area contributed by atoms with E-state index in [4.69, 9.17) is 9.15 Å². The second kappa shape index (κ2) is 9.77. The molecule has 3 N–H and O–H groups in total. The number of aromatic nitrogens is 3. The van der Waals surface area contributed by atoms with Gasteiger partial charge in [0.05, 0.1) is 24.6 Å². The van der Waals surface area contributed by atoms with Crippen LogP contribution >= 0.6 is 0 Å². The van der Waals surface area contributed by atoms with Crippen LogP contribution in [0.1, 0.15) is 22.8 Å². The Morgan fingerprint density at radius 2 is 1.91 bits per heavy atom. The summed E-state index contributed by atoms with van der Waals surface area (Å²) in [6.45, 7) is 0. The minimum absolute atomic E-state index is 0.0115. The zero-order valence-corrected chi connectivity index (χ0v) is 17.6. The van der Waals surface area contributed by atoms with Crippen LogP contribution in [0.15, 0.2) is 65.2 Å². The van der Waals surface area contributed by atoms with Gasteiger partial charge < -0.3 is 9.15 Å². The molecule has 0 aliphatic carbocycles. The van der Waals surface area contributed by atoms with Crippen molar-refractivity contribution in [1.29, 1.82) is 0 Å². The first-order valence-electron chi connectivity index (χ1n) is 10.0. The largest absolute Gasteiger partial charge is 0.497 e. The smallest absolute Gasteiger partial charge is 0.287 e. The van der Waals surface area contributed by atoms with Gasteiger partial charge >= 0.3 is 0 Å². The third kappa shape index (κ3) is 5.24. The Balaban J connectivity index is 1.27. The van der Waals surface area contributed by atoms with Gasteiger partial charge in [0.1, 0.15) is 17.3 Å². The minimum Gasteiger partial charge on any atom is -0.497 e. The van der Waals surface area contributed by atoms with Gasteiger partial charge in [-0.2, -0.15) is 5.10 Å². The molecule has 0 spiro atoms. The fourth-order valence-corrected chi connectivity index (χ4v) is 3.04. The molecule has 2 aromatic carbocycles. The van der Waals surface area contributed by atoms with Gasteiger partial charge in [0.25, 0.3) is 5.91 Å². The second-order valence-corrected chi connectivity index (χ2v) is 7.00. The molecule has 0 radical (unpaired) electrons. The zero-order valence-electron chi connectivity index (χ0n) is 17.6. The number of oxazole rings is 1. The van der Waals surface area contributed by atoms with Crippen LogP contribution in [-0.2, 0) is 11.2 Å². The summed E-state index contributed by atoms with van der Waals surface area (Å²) in [4.78, 5) is 28.4. The van der Waals surface area contributed by atoms with Crippen molar-refractivity contribution in [1.82, 2.24) is 26.0 Å². The van der Waals surface area contributed by atoms with Gasteiger partial charge in [-0.25, -0.2) is 9.37 Å². The summed E-state index contributed by atoms with van der Waals surface area (Å²) >= 11 is 0.